The maximum absolute atomic E-state index is 12.4. The lowest BCUT2D eigenvalue weighted by molar-refractivity contribution is -0.114. The molecule has 0 unspecified atom stereocenters. The number of phenolic OH excluding ortho intramolecular Hbond substituents is 1. The van der Waals surface area contributed by atoms with Gasteiger partial charge < -0.3 is 20.3 Å². The number of nitrogens with zero attached hydrogens (tertiary/aromatic N) is 2. The minimum Gasteiger partial charge on any atom is -0.505 e. The maximum atomic E-state index is 12.4. The second-order valence-electron chi connectivity index (χ2n) is 8.30. The van der Waals surface area contributed by atoms with Gasteiger partial charge in [-0.15, -0.1) is 10.2 Å². The zero-order chi connectivity index (χ0) is 30.2. The van der Waals surface area contributed by atoms with Crippen LogP contribution in [-0.2, 0) is 34.9 Å². The highest BCUT2D eigenvalue weighted by molar-refractivity contribution is 7.91. The van der Waals surface area contributed by atoms with Crippen LogP contribution in [-0.4, -0.2) is 69.9 Å². The average Bonchev–Trinajstić information content (AvgIpc) is 2.81. The number of ether oxygens (including phenoxy) is 1. The summed E-state index contributed by atoms with van der Waals surface area (Å²) in [6.45, 7) is 1.86. The number of sulfone groups is 1. The number of azo groups is 1. The van der Waals surface area contributed by atoms with Crippen molar-refractivity contribution in [1.29, 1.82) is 0 Å². The lowest BCUT2D eigenvalue weighted by Gasteiger charge is -2.14. The van der Waals surface area contributed by atoms with Crippen molar-refractivity contribution >= 4 is 63.8 Å². The van der Waals surface area contributed by atoms with Crippen LogP contribution in [0.5, 0.6) is 11.5 Å². The molecule has 0 aromatic heterocycles. The van der Waals surface area contributed by atoms with E-state index >= 15 is 0 Å². The predicted octanol–water partition coefficient (Wildman–Crippen LogP) is 2.50. The third kappa shape index (κ3) is 6.37. The van der Waals surface area contributed by atoms with E-state index in [1.54, 1.807) is 0 Å². The van der Waals surface area contributed by atoms with Gasteiger partial charge in [-0.25, -0.2) is 8.42 Å². The maximum Gasteiger partial charge on any atom is 0.296 e. The Morgan fingerprint density at radius 2 is 1.60 bits per heavy atom. The number of phenols is 1. The van der Waals surface area contributed by atoms with Gasteiger partial charge in [0.15, 0.2) is 15.6 Å². The van der Waals surface area contributed by atoms with E-state index in [0.717, 1.165) is 31.2 Å². The number of aliphatic hydroxyl groups excluding tert-OH is 1. The van der Waals surface area contributed by atoms with Gasteiger partial charge >= 0.3 is 0 Å². The standard InChI is InChI=1S/C22H23N3O12S3/c1-11-6-15(17(37-3)10-18(11)38(29,30)5-4-26)24-25-21-19(40(34,35)36)8-13-7-14(39(31,32)33)9-16(23-12(2)27)20(13)22(21)28/h6-10,26,28H,4-5H2,1-3H3,(H,23,27)(H,31,32,33)(H,34,35,36). The molecular formula is C22H23N3O12S3. The molecule has 0 bridgehead atoms. The molecule has 0 aliphatic rings. The zero-order valence-electron chi connectivity index (χ0n) is 21.0. The molecule has 3 rings (SSSR count). The predicted molar refractivity (Wildman–Crippen MR) is 141 cm³/mol. The molecule has 0 saturated carbocycles. The normalized spacial score (nSPS) is 12.7. The number of hydrogen-bond acceptors (Lipinski definition) is 12. The minimum absolute atomic E-state index is 0.118. The van der Waals surface area contributed by atoms with Crippen LogP contribution in [0.25, 0.3) is 10.8 Å². The van der Waals surface area contributed by atoms with Crippen molar-refractivity contribution in [2.75, 3.05) is 24.8 Å². The Morgan fingerprint density at radius 3 is 2.12 bits per heavy atom. The summed E-state index contributed by atoms with van der Waals surface area (Å²) in [6.07, 6.45) is 0. The number of benzene rings is 3. The molecule has 0 fully saturated rings. The summed E-state index contributed by atoms with van der Waals surface area (Å²) in [5, 5.41) is 29.3. The number of anilines is 1. The fraction of sp³-hybridized carbons (Fsp3) is 0.227. The third-order valence-corrected chi connectivity index (χ3v) is 8.97. The molecule has 0 heterocycles. The van der Waals surface area contributed by atoms with Crippen molar-refractivity contribution in [3.63, 3.8) is 0 Å². The van der Waals surface area contributed by atoms with Gasteiger partial charge in [0, 0.05) is 18.4 Å². The molecule has 0 atom stereocenters. The van der Waals surface area contributed by atoms with Gasteiger partial charge in [-0.05, 0) is 42.1 Å². The van der Waals surface area contributed by atoms with Gasteiger partial charge in [0.05, 0.1) is 34.9 Å². The molecule has 216 valence electrons. The van der Waals surface area contributed by atoms with E-state index in [2.05, 4.69) is 15.5 Å². The van der Waals surface area contributed by atoms with Gasteiger partial charge in [0.2, 0.25) is 5.91 Å². The highest BCUT2D eigenvalue weighted by atomic mass is 32.2. The number of carbonyl (C=O) groups is 1. The largest absolute Gasteiger partial charge is 0.505 e. The van der Waals surface area contributed by atoms with Gasteiger partial charge in [-0.1, -0.05) is 0 Å². The van der Waals surface area contributed by atoms with Crippen LogP contribution < -0.4 is 10.1 Å². The zero-order valence-corrected chi connectivity index (χ0v) is 23.4. The van der Waals surface area contributed by atoms with Crippen molar-refractivity contribution in [2.24, 2.45) is 10.2 Å². The molecule has 0 aliphatic carbocycles. The van der Waals surface area contributed by atoms with E-state index in [1.165, 1.54) is 20.1 Å². The lowest BCUT2D eigenvalue weighted by Crippen LogP contribution is -2.11. The molecule has 3 aromatic carbocycles. The van der Waals surface area contributed by atoms with E-state index in [-0.39, 0.29) is 38.4 Å². The Hall–Kier alpha value is -3.68. The SMILES string of the molecule is COc1cc(S(=O)(=O)CCO)c(C)cc1N=Nc1c(S(=O)(=O)O)cc2cc(S(=O)(=O)O)cc(NC(C)=O)c2c1O. The third-order valence-electron chi connectivity index (χ3n) is 5.44. The van der Waals surface area contributed by atoms with Crippen LogP contribution >= 0.6 is 0 Å². The number of aryl methyl sites for hydroxylation is 1. The number of aliphatic hydroxyl groups is 1. The second kappa shape index (κ2) is 11.1. The smallest absolute Gasteiger partial charge is 0.296 e. The van der Waals surface area contributed by atoms with E-state index < -0.39 is 69.6 Å². The number of methoxy groups -OCH3 is 1. The molecule has 40 heavy (non-hydrogen) atoms. The van der Waals surface area contributed by atoms with Gasteiger partial charge in [0.25, 0.3) is 20.2 Å². The topological polar surface area (TPSA) is 246 Å². The summed E-state index contributed by atoms with van der Waals surface area (Å²) in [7, 11) is -12.7. The first kappa shape index (κ1) is 30.9. The minimum atomic E-state index is -5.14. The average molecular weight is 618 g/mol. The van der Waals surface area contributed by atoms with E-state index in [9.17, 15) is 44.3 Å². The van der Waals surface area contributed by atoms with Gasteiger partial charge in [0.1, 0.15) is 22.0 Å². The first-order valence-corrected chi connectivity index (χ1v) is 15.4. The molecule has 15 nitrogen and oxygen atoms in total. The fourth-order valence-electron chi connectivity index (χ4n) is 3.76. The number of hydrogen-bond donors (Lipinski definition) is 5. The molecular weight excluding hydrogens is 594 g/mol. The summed E-state index contributed by atoms with van der Waals surface area (Å²) < 4.78 is 97.2. The summed E-state index contributed by atoms with van der Waals surface area (Å²) in [5.74, 6) is -2.35. The van der Waals surface area contributed by atoms with Crippen LogP contribution in [0, 0.1) is 6.92 Å². The summed E-state index contributed by atoms with van der Waals surface area (Å²) >= 11 is 0. The summed E-state index contributed by atoms with van der Waals surface area (Å²) in [6, 6.07) is 4.70. The van der Waals surface area contributed by atoms with Crippen LogP contribution in [0.1, 0.15) is 12.5 Å². The summed E-state index contributed by atoms with van der Waals surface area (Å²) in [5.41, 5.74) is -1.11. The van der Waals surface area contributed by atoms with Gasteiger partial charge in [-0.2, -0.15) is 16.8 Å². The van der Waals surface area contributed by atoms with Crippen molar-refractivity contribution < 1.29 is 54.1 Å². The van der Waals surface area contributed by atoms with E-state index in [0.29, 0.717) is 0 Å². The van der Waals surface area contributed by atoms with Crippen LogP contribution in [0.15, 0.2) is 55.2 Å². The number of fused-ring (bicyclic) bond motifs is 1. The van der Waals surface area contributed by atoms with Crippen LogP contribution in [0.2, 0.25) is 0 Å². The van der Waals surface area contributed by atoms with Crippen molar-refractivity contribution in [2.45, 2.75) is 28.5 Å². The Kier molecular flexibility index (Phi) is 8.53. The molecule has 1 amide bonds. The second-order valence-corrected chi connectivity index (χ2v) is 13.2. The molecule has 0 spiro atoms. The lowest BCUT2D eigenvalue weighted by atomic mass is 10.1. The van der Waals surface area contributed by atoms with Crippen molar-refractivity contribution in [3.05, 3.63) is 35.9 Å². The number of carbonyl (C=O) groups excluding carboxylic acids is 1. The van der Waals surface area contributed by atoms with E-state index in [1.807, 2.05) is 0 Å². The highest BCUT2D eigenvalue weighted by Gasteiger charge is 2.26. The number of amides is 1. The van der Waals surface area contributed by atoms with E-state index in [4.69, 9.17) is 9.84 Å². The number of aromatic hydroxyl groups is 1. The monoisotopic (exact) mass is 617 g/mol. The van der Waals surface area contributed by atoms with Crippen LogP contribution in [0.3, 0.4) is 0 Å². The molecule has 18 heteroatoms. The Bertz CT molecular complexity index is 1890. The number of nitrogens with one attached hydrogen (secondary N) is 1. The molecule has 5 N–H and O–H groups in total. The molecule has 3 aromatic rings. The summed E-state index contributed by atoms with van der Waals surface area (Å²) in [4.78, 5) is 9.80. The van der Waals surface area contributed by atoms with Crippen molar-refractivity contribution in [1.82, 2.24) is 0 Å². The number of rotatable bonds is 9. The Morgan fingerprint density at radius 1 is 0.950 bits per heavy atom. The highest BCUT2D eigenvalue weighted by Crippen LogP contribution is 2.46. The first-order chi connectivity index (χ1) is 18.4. The first-order valence-electron chi connectivity index (χ1n) is 10.9. The molecule has 0 aliphatic heterocycles. The Labute approximate surface area is 228 Å². The van der Waals surface area contributed by atoms with Crippen LogP contribution in [0.4, 0.5) is 17.1 Å². The quantitative estimate of drug-likeness (QED) is 0.172. The van der Waals surface area contributed by atoms with Gasteiger partial charge in [-0.3, -0.25) is 13.9 Å². The molecule has 0 saturated heterocycles. The van der Waals surface area contributed by atoms with Crippen molar-refractivity contribution in [3.8, 4) is 11.5 Å². The fourth-order valence-corrected chi connectivity index (χ4v) is 6.25. The molecule has 0 radical (unpaired) electrons. The Balaban J connectivity index is 2.36.